The van der Waals surface area contributed by atoms with Crippen LogP contribution in [0.3, 0.4) is 0 Å². The van der Waals surface area contributed by atoms with Gasteiger partial charge in [-0.15, -0.1) is 0 Å². The van der Waals surface area contributed by atoms with E-state index in [1.54, 1.807) is 18.2 Å². The summed E-state index contributed by atoms with van der Waals surface area (Å²) in [4.78, 5) is 16.5. The smallest absolute Gasteiger partial charge is 0.227 e. The van der Waals surface area contributed by atoms with Crippen molar-refractivity contribution in [3.8, 4) is 5.75 Å². The van der Waals surface area contributed by atoms with Gasteiger partial charge in [0.15, 0.2) is 0 Å². The SMILES string of the molecule is CC(CN)CN1CCN(C(=O)Cc2ccccc2O)CC1. The summed E-state index contributed by atoms with van der Waals surface area (Å²) in [5.41, 5.74) is 6.35. The number of hydrogen-bond donors (Lipinski definition) is 2. The van der Waals surface area contributed by atoms with Crippen molar-refractivity contribution in [2.75, 3.05) is 39.3 Å². The maximum atomic E-state index is 12.3. The van der Waals surface area contributed by atoms with E-state index in [1.807, 2.05) is 11.0 Å². The lowest BCUT2D eigenvalue weighted by Gasteiger charge is -2.36. The third-order valence-corrected chi connectivity index (χ3v) is 4.03. The van der Waals surface area contributed by atoms with Crippen LogP contribution in [0.5, 0.6) is 5.75 Å². The average Bonchev–Trinajstić information content (AvgIpc) is 2.50. The Balaban J connectivity index is 1.82. The number of phenolic OH excluding ortho intramolecular Hbond substituents is 1. The molecule has 0 saturated carbocycles. The van der Waals surface area contributed by atoms with Crippen LogP contribution >= 0.6 is 0 Å². The van der Waals surface area contributed by atoms with Gasteiger partial charge in [0.2, 0.25) is 5.91 Å². The minimum absolute atomic E-state index is 0.0861. The summed E-state index contributed by atoms with van der Waals surface area (Å²) >= 11 is 0. The van der Waals surface area contributed by atoms with Crippen LogP contribution in [0.15, 0.2) is 24.3 Å². The standard InChI is InChI=1S/C16H25N3O2/c1-13(11-17)12-18-6-8-19(9-7-18)16(21)10-14-4-2-3-5-15(14)20/h2-5,13,20H,6-12,17H2,1H3. The van der Waals surface area contributed by atoms with Gasteiger partial charge in [0.05, 0.1) is 6.42 Å². The van der Waals surface area contributed by atoms with Crippen molar-refractivity contribution in [2.24, 2.45) is 11.7 Å². The van der Waals surface area contributed by atoms with E-state index in [0.717, 1.165) is 32.7 Å². The average molecular weight is 291 g/mol. The zero-order valence-electron chi connectivity index (χ0n) is 12.7. The predicted molar refractivity (Wildman–Crippen MR) is 83.0 cm³/mol. The molecule has 5 nitrogen and oxygen atoms in total. The topological polar surface area (TPSA) is 69.8 Å². The molecule has 1 amide bonds. The molecule has 5 heteroatoms. The van der Waals surface area contributed by atoms with Crippen molar-refractivity contribution in [2.45, 2.75) is 13.3 Å². The lowest BCUT2D eigenvalue weighted by atomic mass is 10.1. The predicted octanol–water partition coefficient (Wildman–Crippen LogP) is 0.674. The number of nitrogens with zero attached hydrogens (tertiary/aromatic N) is 2. The van der Waals surface area contributed by atoms with Crippen LogP contribution in [-0.4, -0.2) is 60.1 Å². The Morgan fingerprint density at radius 3 is 2.57 bits per heavy atom. The number of para-hydroxylation sites is 1. The van der Waals surface area contributed by atoms with Crippen molar-refractivity contribution in [3.05, 3.63) is 29.8 Å². The van der Waals surface area contributed by atoms with E-state index in [4.69, 9.17) is 5.73 Å². The molecule has 2 rings (SSSR count). The van der Waals surface area contributed by atoms with Gasteiger partial charge in [-0.25, -0.2) is 0 Å². The van der Waals surface area contributed by atoms with Crippen LogP contribution in [-0.2, 0) is 11.2 Å². The molecule has 1 aromatic carbocycles. The fraction of sp³-hybridized carbons (Fsp3) is 0.562. The van der Waals surface area contributed by atoms with E-state index >= 15 is 0 Å². The van der Waals surface area contributed by atoms with Crippen molar-refractivity contribution in [1.29, 1.82) is 0 Å². The van der Waals surface area contributed by atoms with Gasteiger partial charge in [0, 0.05) is 38.3 Å². The fourth-order valence-corrected chi connectivity index (χ4v) is 2.63. The van der Waals surface area contributed by atoms with Crippen LogP contribution in [0.4, 0.5) is 0 Å². The first-order chi connectivity index (χ1) is 10.1. The number of amides is 1. The third-order valence-electron chi connectivity index (χ3n) is 4.03. The van der Waals surface area contributed by atoms with E-state index in [-0.39, 0.29) is 18.1 Å². The van der Waals surface area contributed by atoms with Crippen molar-refractivity contribution < 1.29 is 9.90 Å². The zero-order chi connectivity index (χ0) is 15.2. The van der Waals surface area contributed by atoms with Crippen molar-refractivity contribution >= 4 is 5.91 Å². The van der Waals surface area contributed by atoms with Crippen LogP contribution in [0.1, 0.15) is 12.5 Å². The highest BCUT2D eigenvalue weighted by molar-refractivity contribution is 5.79. The first-order valence-corrected chi connectivity index (χ1v) is 7.57. The molecular formula is C16H25N3O2. The number of benzene rings is 1. The minimum Gasteiger partial charge on any atom is -0.508 e. The van der Waals surface area contributed by atoms with Crippen LogP contribution < -0.4 is 5.73 Å². The second-order valence-electron chi connectivity index (χ2n) is 5.83. The largest absolute Gasteiger partial charge is 0.508 e. The van der Waals surface area contributed by atoms with Gasteiger partial charge in [-0.2, -0.15) is 0 Å². The Kier molecular flexibility index (Phi) is 5.59. The Bertz CT molecular complexity index is 470. The van der Waals surface area contributed by atoms with Gasteiger partial charge in [-0.1, -0.05) is 25.1 Å². The number of rotatable bonds is 5. The summed E-state index contributed by atoms with van der Waals surface area (Å²) in [6.07, 6.45) is 0.270. The van der Waals surface area contributed by atoms with Crippen molar-refractivity contribution in [3.63, 3.8) is 0 Å². The van der Waals surface area contributed by atoms with Gasteiger partial charge in [0.1, 0.15) is 5.75 Å². The summed E-state index contributed by atoms with van der Waals surface area (Å²) in [7, 11) is 0. The number of phenols is 1. The molecule has 1 aliphatic rings. The molecule has 116 valence electrons. The van der Waals surface area contributed by atoms with E-state index in [2.05, 4.69) is 11.8 Å². The molecule has 1 atom stereocenters. The van der Waals surface area contributed by atoms with Gasteiger partial charge in [-0.3, -0.25) is 9.69 Å². The first-order valence-electron chi connectivity index (χ1n) is 7.57. The third kappa shape index (κ3) is 4.44. The van der Waals surface area contributed by atoms with Crippen LogP contribution in [0.2, 0.25) is 0 Å². The summed E-state index contributed by atoms with van der Waals surface area (Å²) in [6, 6.07) is 7.02. The molecule has 0 aliphatic carbocycles. The molecule has 0 spiro atoms. The second-order valence-corrected chi connectivity index (χ2v) is 5.83. The highest BCUT2D eigenvalue weighted by atomic mass is 16.3. The van der Waals surface area contributed by atoms with Gasteiger partial charge in [-0.05, 0) is 18.5 Å². The lowest BCUT2D eigenvalue weighted by molar-refractivity contribution is -0.132. The number of nitrogens with two attached hydrogens (primary N) is 1. The number of carbonyl (C=O) groups excluding carboxylic acids is 1. The maximum absolute atomic E-state index is 12.3. The molecule has 0 bridgehead atoms. The first kappa shape index (κ1) is 15.8. The molecule has 1 fully saturated rings. The fourth-order valence-electron chi connectivity index (χ4n) is 2.63. The number of aromatic hydroxyl groups is 1. The molecular weight excluding hydrogens is 266 g/mol. The highest BCUT2D eigenvalue weighted by Crippen LogP contribution is 2.17. The quantitative estimate of drug-likeness (QED) is 0.837. The molecule has 21 heavy (non-hydrogen) atoms. The van der Waals surface area contributed by atoms with Gasteiger partial charge >= 0.3 is 0 Å². The highest BCUT2D eigenvalue weighted by Gasteiger charge is 2.22. The summed E-state index contributed by atoms with van der Waals surface area (Å²) in [5, 5.41) is 9.74. The van der Waals surface area contributed by atoms with Crippen LogP contribution in [0.25, 0.3) is 0 Å². The number of carbonyl (C=O) groups is 1. The normalized spacial score (nSPS) is 17.7. The van der Waals surface area contributed by atoms with E-state index in [0.29, 0.717) is 18.0 Å². The maximum Gasteiger partial charge on any atom is 0.227 e. The zero-order valence-corrected chi connectivity index (χ0v) is 12.7. The monoisotopic (exact) mass is 291 g/mol. The number of piperazine rings is 1. The summed E-state index contributed by atoms with van der Waals surface area (Å²) < 4.78 is 0. The second kappa shape index (κ2) is 7.43. The van der Waals surface area contributed by atoms with Crippen molar-refractivity contribution in [1.82, 2.24) is 9.80 Å². The Morgan fingerprint density at radius 1 is 1.29 bits per heavy atom. The molecule has 1 heterocycles. The van der Waals surface area contributed by atoms with Crippen LogP contribution in [0, 0.1) is 5.92 Å². The van der Waals surface area contributed by atoms with Gasteiger partial charge in [0.25, 0.3) is 0 Å². The van der Waals surface area contributed by atoms with Gasteiger partial charge < -0.3 is 15.7 Å². The molecule has 1 unspecified atom stereocenters. The molecule has 0 aromatic heterocycles. The summed E-state index contributed by atoms with van der Waals surface area (Å²) in [6.45, 7) is 7.15. The molecule has 1 aromatic rings. The van der Waals surface area contributed by atoms with E-state index < -0.39 is 0 Å². The Morgan fingerprint density at radius 2 is 1.95 bits per heavy atom. The summed E-state index contributed by atoms with van der Waals surface area (Å²) in [5.74, 6) is 0.776. The lowest BCUT2D eigenvalue weighted by Crippen LogP contribution is -2.50. The minimum atomic E-state index is 0.0861. The van der Waals surface area contributed by atoms with E-state index in [1.165, 1.54) is 0 Å². The van der Waals surface area contributed by atoms with E-state index in [9.17, 15) is 9.90 Å². The molecule has 0 radical (unpaired) electrons. The Labute approximate surface area is 126 Å². The molecule has 1 aliphatic heterocycles. The molecule has 3 N–H and O–H groups in total. The Hall–Kier alpha value is -1.59. The number of hydrogen-bond acceptors (Lipinski definition) is 4. The molecule has 1 saturated heterocycles.